The van der Waals surface area contributed by atoms with Crippen LogP contribution < -0.4 is 14.8 Å². The molecule has 1 fully saturated rings. The number of rotatable bonds is 11. The fourth-order valence-electron chi connectivity index (χ4n) is 4.04. The zero-order valence-corrected chi connectivity index (χ0v) is 20.9. The van der Waals surface area contributed by atoms with Crippen molar-refractivity contribution in [3.63, 3.8) is 0 Å². The number of pyridine rings is 2. The molecular weight excluding hydrogens is 475 g/mol. The minimum Gasteiger partial charge on any atom is -0.493 e. The van der Waals surface area contributed by atoms with Crippen LogP contribution in [0.15, 0.2) is 36.8 Å². The number of fused-ring (bicyclic) bond motifs is 1. The van der Waals surface area contributed by atoms with E-state index in [2.05, 4.69) is 20.2 Å². The maximum absolute atomic E-state index is 6.30. The van der Waals surface area contributed by atoms with Crippen molar-refractivity contribution < 1.29 is 14.2 Å². The molecule has 0 spiro atoms. The number of unbranched alkanes of at least 4 members (excludes halogenated alkanes) is 3. The molecule has 0 amide bonds. The van der Waals surface area contributed by atoms with Gasteiger partial charge < -0.3 is 19.5 Å². The number of halogens is 2. The summed E-state index contributed by atoms with van der Waals surface area (Å²) in [6, 6.07) is 5.72. The lowest BCUT2D eigenvalue weighted by Gasteiger charge is -2.26. The Morgan fingerprint density at radius 1 is 1.03 bits per heavy atom. The highest BCUT2D eigenvalue weighted by molar-refractivity contribution is 6.39. The van der Waals surface area contributed by atoms with Gasteiger partial charge in [0.1, 0.15) is 5.52 Å². The molecule has 9 heteroatoms. The monoisotopic (exact) mass is 504 g/mol. The number of ether oxygens (including phenoxy) is 3. The second-order valence-electron chi connectivity index (χ2n) is 8.17. The van der Waals surface area contributed by atoms with Gasteiger partial charge in [0.15, 0.2) is 11.5 Å². The van der Waals surface area contributed by atoms with Crippen molar-refractivity contribution in [2.24, 2.45) is 0 Å². The van der Waals surface area contributed by atoms with Gasteiger partial charge in [-0.25, -0.2) is 0 Å². The summed E-state index contributed by atoms with van der Waals surface area (Å²) in [5.74, 6) is 1.30. The van der Waals surface area contributed by atoms with Crippen LogP contribution in [0.3, 0.4) is 0 Å². The zero-order chi connectivity index (χ0) is 23.8. The minimum absolute atomic E-state index is 0.441. The molecule has 3 heterocycles. The summed E-state index contributed by atoms with van der Waals surface area (Å²) in [7, 11) is 1.64. The number of nitrogens with zero attached hydrogens (tertiary/aromatic N) is 3. The van der Waals surface area contributed by atoms with Crippen LogP contribution in [0, 0.1) is 0 Å². The highest BCUT2D eigenvalue weighted by Crippen LogP contribution is 2.39. The first kappa shape index (κ1) is 24.8. The fraction of sp³-hybridized carbons (Fsp3) is 0.440. The Kier molecular flexibility index (Phi) is 9.04. The molecule has 0 radical (unpaired) electrons. The van der Waals surface area contributed by atoms with Crippen LogP contribution in [-0.2, 0) is 4.74 Å². The Morgan fingerprint density at radius 3 is 2.56 bits per heavy atom. The number of benzene rings is 1. The molecule has 2 aromatic heterocycles. The predicted octanol–water partition coefficient (Wildman–Crippen LogP) is 5.96. The van der Waals surface area contributed by atoms with Crippen LogP contribution in [-0.4, -0.2) is 61.4 Å². The molecule has 1 saturated heterocycles. The second kappa shape index (κ2) is 12.4. The lowest BCUT2D eigenvalue weighted by molar-refractivity contribution is 0.0371. The summed E-state index contributed by atoms with van der Waals surface area (Å²) < 4.78 is 17.2. The van der Waals surface area contributed by atoms with E-state index in [9.17, 15) is 0 Å². The van der Waals surface area contributed by atoms with Crippen molar-refractivity contribution in [2.75, 3.05) is 51.9 Å². The standard InChI is InChI=1S/C25H30Cl2N4O3/c1-32-22-7-6-18-21(30-24-19(26)16-28-17-20(24)27)8-9-29-23(18)25(22)34-13-5-3-2-4-10-31-11-14-33-15-12-31/h6-9,16-17H,2-5,10-15H2,1H3,(H,28,29,30). The summed E-state index contributed by atoms with van der Waals surface area (Å²) in [5, 5.41) is 5.08. The molecule has 1 aromatic carbocycles. The molecule has 1 aliphatic rings. The van der Waals surface area contributed by atoms with Gasteiger partial charge in [-0.1, -0.05) is 36.0 Å². The minimum atomic E-state index is 0.441. The smallest absolute Gasteiger partial charge is 0.187 e. The summed E-state index contributed by atoms with van der Waals surface area (Å²) >= 11 is 12.6. The van der Waals surface area contributed by atoms with Crippen molar-refractivity contribution in [3.8, 4) is 11.5 Å². The molecule has 0 saturated carbocycles. The number of morpholine rings is 1. The summed E-state index contributed by atoms with van der Waals surface area (Å²) in [5.41, 5.74) is 2.13. The van der Waals surface area contributed by atoms with Crippen molar-refractivity contribution in [3.05, 3.63) is 46.8 Å². The van der Waals surface area contributed by atoms with E-state index in [1.54, 1.807) is 25.7 Å². The molecule has 3 aromatic rings. The Bertz CT molecular complexity index is 1070. The second-order valence-corrected chi connectivity index (χ2v) is 8.99. The first-order valence-electron chi connectivity index (χ1n) is 11.6. The van der Waals surface area contributed by atoms with Gasteiger partial charge in [0.25, 0.3) is 0 Å². The first-order valence-corrected chi connectivity index (χ1v) is 12.4. The topological polar surface area (TPSA) is 68.7 Å². The number of anilines is 2. The van der Waals surface area contributed by atoms with E-state index in [4.69, 9.17) is 37.4 Å². The molecule has 34 heavy (non-hydrogen) atoms. The van der Waals surface area contributed by atoms with E-state index in [0.717, 1.165) is 62.3 Å². The largest absolute Gasteiger partial charge is 0.493 e. The highest BCUT2D eigenvalue weighted by atomic mass is 35.5. The molecular formula is C25H30Cl2N4O3. The average molecular weight is 505 g/mol. The van der Waals surface area contributed by atoms with Gasteiger partial charge in [0.2, 0.25) is 0 Å². The third kappa shape index (κ3) is 6.21. The molecule has 4 rings (SSSR count). The van der Waals surface area contributed by atoms with Crippen LogP contribution in [0.5, 0.6) is 11.5 Å². The van der Waals surface area contributed by atoms with Gasteiger partial charge in [-0.15, -0.1) is 0 Å². The third-order valence-corrected chi connectivity index (χ3v) is 6.46. The number of nitrogens with one attached hydrogen (secondary N) is 1. The Balaban J connectivity index is 1.39. The Hall–Kier alpha value is -2.32. The van der Waals surface area contributed by atoms with Gasteiger partial charge in [-0.3, -0.25) is 14.9 Å². The van der Waals surface area contributed by atoms with Gasteiger partial charge in [-0.05, 0) is 37.6 Å². The van der Waals surface area contributed by atoms with Crippen LogP contribution in [0.25, 0.3) is 10.9 Å². The Morgan fingerprint density at radius 2 is 1.79 bits per heavy atom. The van der Waals surface area contributed by atoms with Crippen LogP contribution in [0.4, 0.5) is 11.4 Å². The highest BCUT2D eigenvalue weighted by Gasteiger charge is 2.15. The predicted molar refractivity (Wildman–Crippen MR) is 137 cm³/mol. The van der Waals surface area contributed by atoms with Crippen molar-refractivity contribution in [1.29, 1.82) is 0 Å². The van der Waals surface area contributed by atoms with E-state index in [-0.39, 0.29) is 0 Å². The molecule has 0 atom stereocenters. The van der Waals surface area contributed by atoms with Gasteiger partial charge in [-0.2, -0.15) is 0 Å². The molecule has 7 nitrogen and oxygen atoms in total. The lowest BCUT2D eigenvalue weighted by Crippen LogP contribution is -2.36. The molecule has 1 N–H and O–H groups in total. The number of hydrogen-bond donors (Lipinski definition) is 1. The van der Waals surface area contributed by atoms with Crippen molar-refractivity contribution >= 4 is 45.5 Å². The fourth-order valence-corrected chi connectivity index (χ4v) is 4.50. The lowest BCUT2D eigenvalue weighted by atomic mass is 10.1. The van der Waals surface area contributed by atoms with E-state index < -0.39 is 0 Å². The zero-order valence-electron chi connectivity index (χ0n) is 19.4. The summed E-state index contributed by atoms with van der Waals surface area (Å²) in [6.45, 7) is 5.56. The SMILES string of the molecule is COc1ccc2c(Nc3c(Cl)cncc3Cl)ccnc2c1OCCCCCCN1CCOCC1. The quantitative estimate of drug-likeness (QED) is 0.323. The third-order valence-electron chi connectivity index (χ3n) is 5.88. The van der Waals surface area contributed by atoms with E-state index in [1.807, 2.05) is 18.2 Å². The first-order chi connectivity index (χ1) is 16.7. The van der Waals surface area contributed by atoms with Gasteiger partial charge >= 0.3 is 0 Å². The van der Waals surface area contributed by atoms with Gasteiger partial charge in [0, 0.05) is 42.8 Å². The van der Waals surface area contributed by atoms with Crippen LogP contribution in [0.2, 0.25) is 10.0 Å². The number of hydrogen-bond acceptors (Lipinski definition) is 7. The average Bonchev–Trinajstić information content (AvgIpc) is 2.86. The molecule has 0 bridgehead atoms. The molecule has 0 aliphatic carbocycles. The number of aromatic nitrogens is 2. The number of methoxy groups -OCH3 is 1. The van der Waals surface area contributed by atoms with Crippen molar-refractivity contribution in [1.82, 2.24) is 14.9 Å². The molecule has 182 valence electrons. The van der Waals surface area contributed by atoms with E-state index >= 15 is 0 Å². The Labute approximate surface area is 210 Å². The van der Waals surface area contributed by atoms with E-state index in [1.165, 1.54) is 12.8 Å². The maximum atomic E-state index is 6.30. The maximum Gasteiger partial charge on any atom is 0.187 e. The van der Waals surface area contributed by atoms with Crippen LogP contribution >= 0.6 is 23.2 Å². The van der Waals surface area contributed by atoms with E-state index in [0.29, 0.717) is 33.8 Å². The summed E-state index contributed by atoms with van der Waals surface area (Å²) in [4.78, 5) is 11.1. The summed E-state index contributed by atoms with van der Waals surface area (Å²) in [6.07, 6.45) is 9.32. The van der Waals surface area contributed by atoms with Crippen molar-refractivity contribution in [2.45, 2.75) is 25.7 Å². The van der Waals surface area contributed by atoms with Gasteiger partial charge in [0.05, 0.1) is 42.7 Å². The molecule has 0 unspecified atom stereocenters. The van der Waals surface area contributed by atoms with Crippen LogP contribution in [0.1, 0.15) is 25.7 Å². The normalized spacial score (nSPS) is 14.3. The molecule has 1 aliphatic heterocycles.